The molecule has 0 aromatic carbocycles. The largest absolute Gasteiger partial charge is 0.481 e. The molecule has 2 rings (SSSR count). The van der Waals surface area contributed by atoms with Gasteiger partial charge in [-0.1, -0.05) is 6.42 Å². The lowest BCUT2D eigenvalue weighted by Crippen LogP contribution is -2.39. The van der Waals surface area contributed by atoms with Gasteiger partial charge in [-0.25, -0.2) is 8.78 Å². The van der Waals surface area contributed by atoms with Crippen LogP contribution in [0.1, 0.15) is 44.9 Å². The first-order chi connectivity index (χ1) is 6.94. The van der Waals surface area contributed by atoms with Crippen LogP contribution in [0.5, 0.6) is 0 Å². The summed E-state index contributed by atoms with van der Waals surface area (Å²) in [7, 11) is 0. The van der Waals surface area contributed by atoms with Crippen molar-refractivity contribution in [2.45, 2.75) is 50.9 Å². The Morgan fingerprint density at radius 1 is 1.33 bits per heavy atom. The number of hydrogen-bond acceptors (Lipinski definition) is 1. The van der Waals surface area contributed by atoms with E-state index in [2.05, 4.69) is 0 Å². The molecule has 2 aliphatic rings. The zero-order valence-corrected chi connectivity index (χ0v) is 8.64. The van der Waals surface area contributed by atoms with E-state index in [9.17, 15) is 13.6 Å². The molecule has 0 spiro atoms. The quantitative estimate of drug-likeness (QED) is 0.790. The van der Waals surface area contributed by atoms with Crippen molar-refractivity contribution in [1.82, 2.24) is 0 Å². The van der Waals surface area contributed by atoms with Gasteiger partial charge in [0, 0.05) is 12.8 Å². The monoisotopic (exact) mass is 218 g/mol. The summed E-state index contributed by atoms with van der Waals surface area (Å²) in [6.07, 6.45) is 3.04. The van der Waals surface area contributed by atoms with Gasteiger partial charge in [0.25, 0.3) is 0 Å². The standard InChI is InChI=1S/C11H16F2O2/c12-11(13)5-2-8(7-11)6-10(9(14)15)3-1-4-10/h8H,1-7H2,(H,14,15). The molecule has 2 aliphatic carbocycles. The zero-order chi connectivity index (χ0) is 11.1. The number of carboxylic acids is 1. The summed E-state index contributed by atoms with van der Waals surface area (Å²) in [5.41, 5.74) is -0.662. The molecule has 2 fully saturated rings. The highest BCUT2D eigenvalue weighted by Crippen LogP contribution is 2.51. The van der Waals surface area contributed by atoms with Crippen LogP contribution in [0.25, 0.3) is 0 Å². The highest BCUT2D eigenvalue weighted by molar-refractivity contribution is 5.75. The molecule has 0 bridgehead atoms. The summed E-state index contributed by atoms with van der Waals surface area (Å²) in [5.74, 6) is -3.42. The molecule has 2 saturated carbocycles. The van der Waals surface area contributed by atoms with Crippen LogP contribution in [0.2, 0.25) is 0 Å². The van der Waals surface area contributed by atoms with Gasteiger partial charge in [-0.2, -0.15) is 0 Å². The van der Waals surface area contributed by atoms with E-state index in [0.29, 0.717) is 25.7 Å². The fourth-order valence-corrected chi connectivity index (χ4v) is 2.88. The number of carbonyl (C=O) groups is 1. The number of halogens is 2. The van der Waals surface area contributed by atoms with E-state index in [1.807, 2.05) is 0 Å². The Balaban J connectivity index is 1.94. The van der Waals surface area contributed by atoms with E-state index in [1.165, 1.54) is 0 Å². The number of carboxylic acid groups (broad SMARTS) is 1. The molecular weight excluding hydrogens is 202 g/mol. The Morgan fingerprint density at radius 2 is 2.00 bits per heavy atom. The molecule has 0 aromatic heterocycles. The fraction of sp³-hybridized carbons (Fsp3) is 0.909. The lowest BCUT2D eigenvalue weighted by molar-refractivity contribution is -0.156. The first-order valence-corrected chi connectivity index (χ1v) is 5.55. The number of rotatable bonds is 3. The van der Waals surface area contributed by atoms with Crippen LogP contribution in [-0.2, 0) is 4.79 Å². The Kier molecular flexibility index (Phi) is 2.47. The van der Waals surface area contributed by atoms with Crippen molar-refractivity contribution in [3.63, 3.8) is 0 Å². The molecule has 1 atom stereocenters. The lowest BCUT2D eigenvalue weighted by Gasteiger charge is -2.39. The van der Waals surface area contributed by atoms with Gasteiger partial charge < -0.3 is 5.11 Å². The first kappa shape index (κ1) is 10.8. The molecule has 0 aliphatic heterocycles. The molecule has 0 heterocycles. The molecular formula is C11H16F2O2. The van der Waals surface area contributed by atoms with Crippen LogP contribution in [-0.4, -0.2) is 17.0 Å². The van der Waals surface area contributed by atoms with Crippen LogP contribution in [0.4, 0.5) is 8.78 Å². The van der Waals surface area contributed by atoms with Gasteiger partial charge in [-0.15, -0.1) is 0 Å². The second kappa shape index (κ2) is 3.42. The molecule has 0 radical (unpaired) electrons. The molecule has 1 unspecified atom stereocenters. The molecule has 4 heteroatoms. The van der Waals surface area contributed by atoms with Crippen molar-refractivity contribution in [2.75, 3.05) is 0 Å². The number of aliphatic carboxylic acids is 1. The minimum atomic E-state index is -2.55. The summed E-state index contributed by atoms with van der Waals surface area (Å²) in [6.45, 7) is 0. The van der Waals surface area contributed by atoms with Crippen LogP contribution < -0.4 is 0 Å². The second-order valence-corrected chi connectivity index (χ2v) is 5.11. The third-order valence-corrected chi connectivity index (χ3v) is 3.95. The Labute approximate surface area is 87.7 Å². The number of alkyl halides is 2. The Hall–Kier alpha value is -0.670. The van der Waals surface area contributed by atoms with Gasteiger partial charge in [0.15, 0.2) is 0 Å². The molecule has 0 aromatic rings. The maximum Gasteiger partial charge on any atom is 0.309 e. The zero-order valence-electron chi connectivity index (χ0n) is 8.64. The normalized spacial score (nSPS) is 32.3. The van der Waals surface area contributed by atoms with E-state index >= 15 is 0 Å². The van der Waals surface area contributed by atoms with Crippen molar-refractivity contribution in [3.8, 4) is 0 Å². The van der Waals surface area contributed by atoms with Crippen LogP contribution in [0.15, 0.2) is 0 Å². The lowest BCUT2D eigenvalue weighted by atomic mass is 9.64. The van der Waals surface area contributed by atoms with Crippen LogP contribution in [0, 0.1) is 11.3 Å². The number of hydrogen-bond donors (Lipinski definition) is 1. The second-order valence-electron chi connectivity index (χ2n) is 5.11. The van der Waals surface area contributed by atoms with Gasteiger partial charge in [0.05, 0.1) is 5.41 Å². The Bertz CT molecular complexity index is 272. The van der Waals surface area contributed by atoms with Gasteiger partial charge in [-0.05, 0) is 31.6 Å². The average molecular weight is 218 g/mol. The predicted molar refractivity (Wildman–Crippen MR) is 50.8 cm³/mol. The summed E-state index contributed by atoms with van der Waals surface area (Å²) < 4.78 is 25.9. The van der Waals surface area contributed by atoms with Crippen molar-refractivity contribution in [2.24, 2.45) is 11.3 Å². The minimum absolute atomic E-state index is 0.0621. The summed E-state index contributed by atoms with van der Waals surface area (Å²) in [6, 6.07) is 0. The average Bonchev–Trinajstić information content (AvgIpc) is 2.37. The van der Waals surface area contributed by atoms with Crippen molar-refractivity contribution >= 4 is 5.97 Å². The third kappa shape index (κ3) is 1.99. The molecule has 0 saturated heterocycles. The molecule has 1 N–H and O–H groups in total. The summed E-state index contributed by atoms with van der Waals surface area (Å²) in [5, 5.41) is 9.09. The smallest absolute Gasteiger partial charge is 0.309 e. The van der Waals surface area contributed by atoms with E-state index in [1.54, 1.807) is 0 Å². The maximum absolute atomic E-state index is 12.9. The van der Waals surface area contributed by atoms with Gasteiger partial charge in [0.1, 0.15) is 0 Å². The molecule has 0 amide bonds. The first-order valence-electron chi connectivity index (χ1n) is 5.55. The highest BCUT2D eigenvalue weighted by atomic mass is 19.3. The Morgan fingerprint density at radius 3 is 2.33 bits per heavy atom. The van der Waals surface area contributed by atoms with Crippen molar-refractivity contribution in [1.29, 1.82) is 0 Å². The maximum atomic E-state index is 12.9. The van der Waals surface area contributed by atoms with Crippen molar-refractivity contribution in [3.05, 3.63) is 0 Å². The topological polar surface area (TPSA) is 37.3 Å². The summed E-state index contributed by atoms with van der Waals surface area (Å²) in [4.78, 5) is 11.1. The van der Waals surface area contributed by atoms with E-state index in [-0.39, 0.29) is 18.8 Å². The van der Waals surface area contributed by atoms with Gasteiger partial charge in [0.2, 0.25) is 5.92 Å². The third-order valence-electron chi connectivity index (χ3n) is 3.95. The predicted octanol–water partition coefficient (Wildman–Crippen LogP) is 3.07. The molecule has 2 nitrogen and oxygen atoms in total. The van der Waals surface area contributed by atoms with Crippen LogP contribution >= 0.6 is 0 Å². The molecule has 15 heavy (non-hydrogen) atoms. The van der Waals surface area contributed by atoms with E-state index < -0.39 is 17.3 Å². The van der Waals surface area contributed by atoms with Crippen LogP contribution in [0.3, 0.4) is 0 Å². The molecule has 86 valence electrons. The summed E-state index contributed by atoms with van der Waals surface area (Å²) >= 11 is 0. The van der Waals surface area contributed by atoms with E-state index in [4.69, 9.17) is 5.11 Å². The minimum Gasteiger partial charge on any atom is -0.481 e. The van der Waals surface area contributed by atoms with Gasteiger partial charge in [-0.3, -0.25) is 4.79 Å². The van der Waals surface area contributed by atoms with E-state index in [0.717, 1.165) is 6.42 Å². The SMILES string of the molecule is O=C(O)C1(CC2CCC(F)(F)C2)CCC1. The van der Waals surface area contributed by atoms with Gasteiger partial charge >= 0.3 is 5.97 Å². The van der Waals surface area contributed by atoms with Crippen molar-refractivity contribution < 1.29 is 18.7 Å². The highest BCUT2D eigenvalue weighted by Gasteiger charge is 2.49. The fourth-order valence-electron chi connectivity index (χ4n) is 2.88.